The summed E-state index contributed by atoms with van der Waals surface area (Å²) in [5.74, 6) is 2.68. The summed E-state index contributed by atoms with van der Waals surface area (Å²) >= 11 is 0. The van der Waals surface area contributed by atoms with Gasteiger partial charge in [-0.25, -0.2) is 4.98 Å². The van der Waals surface area contributed by atoms with Gasteiger partial charge < -0.3 is 18.6 Å². The second kappa shape index (κ2) is 7.51. The Morgan fingerprint density at radius 3 is 2.00 bits per heavy atom. The molecule has 0 radical (unpaired) electrons. The molecule has 4 rings (SSSR count). The molecule has 0 fully saturated rings. The number of aromatic nitrogens is 1. The molecule has 0 N–H and O–H groups in total. The van der Waals surface area contributed by atoms with Crippen molar-refractivity contribution in [2.75, 3.05) is 21.3 Å². The topological polar surface area (TPSA) is 53.7 Å². The Kier molecular flexibility index (Phi) is 4.89. The van der Waals surface area contributed by atoms with Crippen molar-refractivity contribution in [3.05, 3.63) is 59.7 Å². The fourth-order valence-electron chi connectivity index (χ4n) is 3.71. The summed E-state index contributed by atoms with van der Waals surface area (Å²) in [6.07, 6.45) is 0. The zero-order valence-electron chi connectivity index (χ0n) is 17.2. The lowest BCUT2D eigenvalue weighted by Gasteiger charge is -2.11. The van der Waals surface area contributed by atoms with Gasteiger partial charge in [-0.3, -0.25) is 0 Å². The Bertz CT molecular complexity index is 1150. The zero-order valence-corrected chi connectivity index (χ0v) is 17.2. The molecule has 0 spiro atoms. The maximum Gasteiger partial charge on any atom is 0.234 e. The second-order valence-electron chi connectivity index (χ2n) is 6.88. The number of aryl methyl sites for hydroxylation is 2. The van der Waals surface area contributed by atoms with Crippen LogP contribution in [-0.2, 0) is 0 Å². The highest BCUT2D eigenvalue weighted by molar-refractivity contribution is 5.84. The van der Waals surface area contributed by atoms with E-state index in [1.807, 2.05) is 44.2 Å². The first-order valence-corrected chi connectivity index (χ1v) is 9.33. The Morgan fingerprint density at radius 1 is 0.759 bits per heavy atom. The molecule has 29 heavy (non-hydrogen) atoms. The van der Waals surface area contributed by atoms with Crippen molar-refractivity contribution in [3.63, 3.8) is 0 Å². The molecule has 0 saturated heterocycles. The minimum atomic E-state index is 0.466. The lowest BCUT2D eigenvalue weighted by Crippen LogP contribution is -1.92. The minimum Gasteiger partial charge on any atom is -0.496 e. The van der Waals surface area contributed by atoms with E-state index >= 15 is 0 Å². The third kappa shape index (κ3) is 3.29. The SMILES string of the molecule is COc1cccc(OC)c1-c1nc2ccc(-c3cc(C)c(OC)c(C)c3)cc2o1. The highest BCUT2D eigenvalue weighted by Crippen LogP contribution is 2.39. The first-order chi connectivity index (χ1) is 14.0. The molecule has 1 aromatic heterocycles. The maximum atomic E-state index is 6.11. The first kappa shape index (κ1) is 18.9. The molecule has 0 bridgehead atoms. The fourth-order valence-corrected chi connectivity index (χ4v) is 3.71. The average Bonchev–Trinajstić information content (AvgIpc) is 3.15. The zero-order chi connectivity index (χ0) is 20.5. The average molecular weight is 389 g/mol. The van der Waals surface area contributed by atoms with Crippen LogP contribution in [0.2, 0.25) is 0 Å². The Labute approximate surface area is 169 Å². The Hall–Kier alpha value is -3.47. The van der Waals surface area contributed by atoms with E-state index in [1.54, 1.807) is 21.3 Å². The van der Waals surface area contributed by atoms with Crippen molar-refractivity contribution in [2.45, 2.75) is 13.8 Å². The van der Waals surface area contributed by atoms with Gasteiger partial charge in [0.1, 0.15) is 28.3 Å². The summed E-state index contributed by atoms with van der Waals surface area (Å²) in [5, 5.41) is 0. The van der Waals surface area contributed by atoms with Gasteiger partial charge in [-0.1, -0.05) is 12.1 Å². The van der Waals surface area contributed by atoms with Crippen LogP contribution in [0.3, 0.4) is 0 Å². The van der Waals surface area contributed by atoms with Crippen molar-refractivity contribution in [1.82, 2.24) is 4.98 Å². The van der Waals surface area contributed by atoms with E-state index in [2.05, 4.69) is 23.2 Å². The van der Waals surface area contributed by atoms with E-state index in [1.165, 1.54) is 0 Å². The van der Waals surface area contributed by atoms with Gasteiger partial charge in [-0.05, 0) is 72.5 Å². The minimum absolute atomic E-state index is 0.466. The van der Waals surface area contributed by atoms with Crippen LogP contribution < -0.4 is 14.2 Å². The van der Waals surface area contributed by atoms with Gasteiger partial charge in [-0.15, -0.1) is 0 Å². The quantitative estimate of drug-likeness (QED) is 0.431. The normalized spacial score (nSPS) is 10.9. The number of rotatable bonds is 5. The van der Waals surface area contributed by atoms with E-state index in [4.69, 9.17) is 18.6 Å². The van der Waals surface area contributed by atoms with Crippen molar-refractivity contribution in [3.8, 4) is 39.8 Å². The monoisotopic (exact) mass is 389 g/mol. The Morgan fingerprint density at radius 2 is 1.41 bits per heavy atom. The predicted molar refractivity (Wildman–Crippen MR) is 114 cm³/mol. The maximum absolute atomic E-state index is 6.11. The van der Waals surface area contributed by atoms with E-state index in [0.717, 1.165) is 33.5 Å². The summed E-state index contributed by atoms with van der Waals surface area (Å²) in [4.78, 5) is 4.65. The number of methoxy groups -OCH3 is 3. The molecule has 0 unspecified atom stereocenters. The van der Waals surface area contributed by atoms with Crippen molar-refractivity contribution in [2.24, 2.45) is 0 Å². The van der Waals surface area contributed by atoms with Crippen molar-refractivity contribution < 1.29 is 18.6 Å². The van der Waals surface area contributed by atoms with E-state index in [9.17, 15) is 0 Å². The molecule has 4 aromatic rings. The van der Waals surface area contributed by atoms with Crippen LogP contribution >= 0.6 is 0 Å². The second-order valence-corrected chi connectivity index (χ2v) is 6.88. The summed E-state index contributed by atoms with van der Waals surface area (Å²) in [5.41, 5.74) is 6.54. The van der Waals surface area contributed by atoms with Crippen LogP contribution in [-0.4, -0.2) is 26.3 Å². The Balaban J connectivity index is 1.83. The van der Waals surface area contributed by atoms with Gasteiger partial charge in [0.15, 0.2) is 5.58 Å². The number of ether oxygens (including phenoxy) is 3. The van der Waals surface area contributed by atoms with E-state index in [-0.39, 0.29) is 0 Å². The number of hydrogen-bond donors (Lipinski definition) is 0. The van der Waals surface area contributed by atoms with Gasteiger partial charge in [-0.2, -0.15) is 0 Å². The predicted octanol–water partition coefficient (Wildman–Crippen LogP) is 5.80. The van der Waals surface area contributed by atoms with Crippen LogP contribution in [0.4, 0.5) is 0 Å². The molecule has 0 amide bonds. The van der Waals surface area contributed by atoms with Crippen molar-refractivity contribution >= 4 is 11.1 Å². The summed E-state index contributed by atoms with van der Waals surface area (Å²) in [7, 11) is 4.93. The molecular formula is C24H23NO4. The molecule has 0 aliphatic heterocycles. The molecule has 0 aliphatic carbocycles. The molecule has 0 aliphatic rings. The lowest BCUT2D eigenvalue weighted by molar-refractivity contribution is 0.394. The highest BCUT2D eigenvalue weighted by Gasteiger charge is 2.19. The van der Waals surface area contributed by atoms with Gasteiger partial charge in [0.25, 0.3) is 0 Å². The molecule has 5 nitrogen and oxygen atoms in total. The largest absolute Gasteiger partial charge is 0.496 e. The molecule has 148 valence electrons. The standard InChI is InChI=1S/C24H23NO4/c1-14-11-17(12-15(2)23(14)28-5)16-9-10-18-21(13-16)29-24(25-18)22-19(26-3)7-6-8-20(22)27-4/h6-13H,1-5H3. The molecule has 0 saturated carbocycles. The number of fused-ring (bicyclic) bond motifs is 1. The van der Waals surface area contributed by atoms with Crippen LogP contribution in [0.25, 0.3) is 33.7 Å². The molecule has 3 aromatic carbocycles. The number of hydrogen-bond acceptors (Lipinski definition) is 5. The highest BCUT2D eigenvalue weighted by atomic mass is 16.5. The van der Waals surface area contributed by atoms with Gasteiger partial charge in [0, 0.05) is 0 Å². The molecular weight excluding hydrogens is 366 g/mol. The third-order valence-corrected chi connectivity index (χ3v) is 5.03. The van der Waals surface area contributed by atoms with Crippen LogP contribution in [0.5, 0.6) is 17.2 Å². The molecule has 1 heterocycles. The fraction of sp³-hybridized carbons (Fsp3) is 0.208. The summed E-state index contributed by atoms with van der Waals surface area (Å²) in [6, 6.07) is 15.9. The van der Waals surface area contributed by atoms with Crippen LogP contribution in [0, 0.1) is 13.8 Å². The van der Waals surface area contributed by atoms with Crippen LogP contribution in [0.1, 0.15) is 11.1 Å². The van der Waals surface area contributed by atoms with E-state index in [0.29, 0.717) is 28.5 Å². The van der Waals surface area contributed by atoms with Gasteiger partial charge >= 0.3 is 0 Å². The smallest absolute Gasteiger partial charge is 0.234 e. The first-order valence-electron chi connectivity index (χ1n) is 9.33. The molecule has 5 heteroatoms. The van der Waals surface area contributed by atoms with Gasteiger partial charge in [0.05, 0.1) is 21.3 Å². The van der Waals surface area contributed by atoms with Crippen LogP contribution in [0.15, 0.2) is 52.9 Å². The number of nitrogens with zero attached hydrogens (tertiary/aromatic N) is 1. The third-order valence-electron chi connectivity index (χ3n) is 5.03. The summed E-state index contributed by atoms with van der Waals surface area (Å²) in [6.45, 7) is 4.10. The number of oxazole rings is 1. The van der Waals surface area contributed by atoms with Gasteiger partial charge in [0.2, 0.25) is 5.89 Å². The van der Waals surface area contributed by atoms with Crippen molar-refractivity contribution in [1.29, 1.82) is 0 Å². The molecule has 0 atom stereocenters. The lowest BCUT2D eigenvalue weighted by atomic mass is 9.99. The number of benzene rings is 3. The van der Waals surface area contributed by atoms with E-state index < -0.39 is 0 Å². The summed E-state index contributed by atoms with van der Waals surface area (Å²) < 4.78 is 22.6.